The molecule has 0 radical (unpaired) electrons. The summed E-state index contributed by atoms with van der Waals surface area (Å²) in [6, 6.07) is 8.64. The lowest BCUT2D eigenvalue weighted by molar-refractivity contribution is -0.111. The zero-order chi connectivity index (χ0) is 22.8. The second-order valence-electron chi connectivity index (χ2n) is 8.06. The highest BCUT2D eigenvalue weighted by atomic mass is 16.5. The number of carbonyl (C=O) groups excluding carboxylic acids is 2. The van der Waals surface area contributed by atoms with Crippen molar-refractivity contribution in [1.29, 1.82) is 0 Å². The third-order valence-electron chi connectivity index (χ3n) is 5.98. The molecule has 4 rings (SSSR count). The molecule has 6 nitrogen and oxygen atoms in total. The van der Waals surface area contributed by atoms with Gasteiger partial charge < -0.3 is 19.2 Å². The number of benzene rings is 2. The van der Waals surface area contributed by atoms with Gasteiger partial charge in [0.25, 0.3) is 0 Å². The van der Waals surface area contributed by atoms with Crippen molar-refractivity contribution in [2.24, 2.45) is 0 Å². The molecule has 6 heteroatoms. The molecular formula is C26H27NO5. The summed E-state index contributed by atoms with van der Waals surface area (Å²) in [6.07, 6.45) is 5.85. The van der Waals surface area contributed by atoms with Crippen LogP contribution in [0.4, 0.5) is 5.69 Å². The Kier molecular flexibility index (Phi) is 6.04. The first kappa shape index (κ1) is 21.7. The third-order valence-corrected chi connectivity index (χ3v) is 5.98. The quantitative estimate of drug-likeness (QED) is 0.427. The molecule has 0 spiro atoms. The molecule has 1 aromatic heterocycles. The number of nitrogens with one attached hydrogen (secondary N) is 1. The van der Waals surface area contributed by atoms with Gasteiger partial charge in [0.1, 0.15) is 17.1 Å². The van der Waals surface area contributed by atoms with E-state index in [4.69, 9.17) is 13.9 Å². The molecule has 0 fully saturated rings. The third kappa shape index (κ3) is 4.00. The summed E-state index contributed by atoms with van der Waals surface area (Å²) in [5.74, 6) is 1.11. The molecule has 1 amide bonds. The lowest BCUT2D eigenvalue weighted by Gasteiger charge is -2.13. The first-order valence-corrected chi connectivity index (χ1v) is 10.7. The van der Waals surface area contributed by atoms with Gasteiger partial charge in [-0.05, 0) is 69.0 Å². The van der Waals surface area contributed by atoms with Gasteiger partial charge in [-0.25, -0.2) is 4.79 Å². The fraction of sp³-hybridized carbons (Fsp3) is 0.308. The molecule has 0 saturated carbocycles. The lowest BCUT2D eigenvalue weighted by atomic mass is 9.93. The molecule has 0 saturated heterocycles. The molecular weight excluding hydrogens is 406 g/mol. The van der Waals surface area contributed by atoms with Crippen LogP contribution in [-0.4, -0.2) is 26.1 Å². The number of allylic oxidation sites excluding steroid dienone is 1. The van der Waals surface area contributed by atoms with Gasteiger partial charge in [0.15, 0.2) is 0 Å². The van der Waals surface area contributed by atoms with Crippen LogP contribution in [0.25, 0.3) is 16.5 Å². The number of aryl methyl sites for hydroxylation is 3. The Bertz CT molecular complexity index is 1220. The smallest absolute Gasteiger partial charge is 0.337 e. The van der Waals surface area contributed by atoms with Gasteiger partial charge >= 0.3 is 5.97 Å². The number of hydrogen-bond acceptors (Lipinski definition) is 5. The summed E-state index contributed by atoms with van der Waals surface area (Å²) in [7, 11) is 2.97. The minimum atomic E-state index is -0.419. The van der Waals surface area contributed by atoms with E-state index in [9.17, 15) is 9.59 Å². The maximum Gasteiger partial charge on any atom is 0.337 e. The van der Waals surface area contributed by atoms with Gasteiger partial charge in [-0.15, -0.1) is 0 Å². The number of amides is 1. The number of ether oxygens (including phenoxy) is 2. The number of rotatable bonds is 5. The molecule has 3 aromatic rings. The van der Waals surface area contributed by atoms with Gasteiger partial charge in [0, 0.05) is 40.3 Å². The van der Waals surface area contributed by atoms with Crippen LogP contribution >= 0.6 is 0 Å². The van der Waals surface area contributed by atoms with Crippen LogP contribution in [0.5, 0.6) is 5.75 Å². The number of carbonyl (C=O) groups is 2. The maximum atomic E-state index is 12.7. The summed E-state index contributed by atoms with van der Waals surface area (Å²) in [6.45, 7) is 3.89. The Hall–Kier alpha value is -3.54. The van der Waals surface area contributed by atoms with Gasteiger partial charge in [0.05, 0.1) is 19.8 Å². The molecule has 166 valence electrons. The molecule has 1 aliphatic rings. The monoisotopic (exact) mass is 433 g/mol. The lowest BCUT2D eigenvalue weighted by Crippen LogP contribution is -2.09. The Labute approximate surface area is 187 Å². The Morgan fingerprint density at radius 3 is 2.50 bits per heavy atom. The van der Waals surface area contributed by atoms with Crippen molar-refractivity contribution in [2.45, 2.75) is 39.5 Å². The van der Waals surface area contributed by atoms with Crippen LogP contribution < -0.4 is 10.1 Å². The summed E-state index contributed by atoms with van der Waals surface area (Å²) in [5.41, 5.74) is 5.79. The van der Waals surface area contributed by atoms with Gasteiger partial charge in [-0.1, -0.05) is 0 Å². The highest BCUT2D eigenvalue weighted by molar-refractivity contribution is 6.05. The SMILES string of the molecule is COC(=O)c1ccc(NC(=O)/C=C(\C)c2cc3c4c(oc3c(C)c2OC)CCCC4)cc1. The molecule has 1 heterocycles. The zero-order valence-corrected chi connectivity index (χ0v) is 18.8. The van der Waals surface area contributed by atoms with Crippen LogP contribution in [0.1, 0.15) is 52.6 Å². The minimum absolute atomic E-state index is 0.262. The highest BCUT2D eigenvalue weighted by Crippen LogP contribution is 2.41. The zero-order valence-electron chi connectivity index (χ0n) is 18.8. The molecule has 1 aliphatic carbocycles. The van der Waals surface area contributed by atoms with Crippen molar-refractivity contribution in [1.82, 2.24) is 0 Å². The second-order valence-corrected chi connectivity index (χ2v) is 8.06. The topological polar surface area (TPSA) is 77.8 Å². The van der Waals surface area contributed by atoms with Crippen LogP contribution in [0, 0.1) is 6.92 Å². The Balaban J connectivity index is 1.64. The van der Waals surface area contributed by atoms with Crippen LogP contribution in [0.15, 0.2) is 40.8 Å². The number of hydrogen-bond donors (Lipinski definition) is 1. The molecule has 0 unspecified atom stereocenters. The van der Waals surface area contributed by atoms with Gasteiger partial charge in [-0.3, -0.25) is 4.79 Å². The number of esters is 1. The minimum Gasteiger partial charge on any atom is -0.496 e. The van der Waals surface area contributed by atoms with Crippen LogP contribution in [-0.2, 0) is 22.4 Å². The summed E-state index contributed by atoms with van der Waals surface area (Å²) in [5, 5.41) is 3.94. The molecule has 2 aromatic carbocycles. The van der Waals surface area contributed by atoms with E-state index in [1.165, 1.54) is 12.7 Å². The number of anilines is 1. The Morgan fingerprint density at radius 1 is 1.09 bits per heavy atom. The fourth-order valence-electron chi connectivity index (χ4n) is 4.35. The van der Waals surface area contributed by atoms with E-state index < -0.39 is 5.97 Å². The predicted octanol–water partition coefficient (Wildman–Crippen LogP) is 5.46. The largest absolute Gasteiger partial charge is 0.496 e. The van der Waals surface area contributed by atoms with Crippen LogP contribution in [0.2, 0.25) is 0 Å². The second kappa shape index (κ2) is 8.91. The van der Waals surface area contributed by atoms with Crippen molar-refractivity contribution in [3.05, 3.63) is 64.4 Å². The first-order chi connectivity index (χ1) is 15.4. The van der Waals surface area contributed by atoms with E-state index in [-0.39, 0.29) is 5.91 Å². The summed E-state index contributed by atoms with van der Waals surface area (Å²) >= 11 is 0. The highest BCUT2D eigenvalue weighted by Gasteiger charge is 2.23. The molecule has 0 bridgehead atoms. The van der Waals surface area contributed by atoms with Crippen molar-refractivity contribution in [2.75, 3.05) is 19.5 Å². The van der Waals surface area contributed by atoms with E-state index in [1.807, 2.05) is 13.8 Å². The number of furan rings is 1. The molecule has 0 aliphatic heterocycles. The van der Waals surface area contributed by atoms with E-state index in [0.29, 0.717) is 17.0 Å². The number of fused-ring (bicyclic) bond motifs is 3. The molecule has 1 N–H and O–H groups in total. The predicted molar refractivity (Wildman–Crippen MR) is 124 cm³/mol. The summed E-state index contributed by atoms with van der Waals surface area (Å²) in [4.78, 5) is 24.2. The van der Waals surface area contributed by atoms with Gasteiger partial charge in [-0.2, -0.15) is 0 Å². The van der Waals surface area contributed by atoms with E-state index in [0.717, 1.165) is 59.1 Å². The van der Waals surface area contributed by atoms with Crippen molar-refractivity contribution in [3.8, 4) is 5.75 Å². The Morgan fingerprint density at radius 2 is 1.81 bits per heavy atom. The summed E-state index contributed by atoms with van der Waals surface area (Å²) < 4.78 is 16.6. The average Bonchev–Trinajstić information content (AvgIpc) is 3.18. The molecule has 32 heavy (non-hydrogen) atoms. The average molecular weight is 434 g/mol. The maximum absolute atomic E-state index is 12.7. The standard InChI is InChI=1S/C26H27NO5/c1-15(13-23(28)27-18-11-9-17(10-12-18)26(29)31-4)20-14-21-19-7-5-6-8-22(19)32-25(21)16(2)24(20)30-3/h9-14H,5-8H2,1-4H3,(H,27,28)/b15-13+. The van der Waals surface area contributed by atoms with E-state index >= 15 is 0 Å². The normalized spacial score (nSPS) is 13.6. The van der Waals surface area contributed by atoms with Crippen molar-refractivity contribution >= 4 is 34.1 Å². The van der Waals surface area contributed by atoms with E-state index in [1.54, 1.807) is 37.5 Å². The molecule has 0 atom stereocenters. The van der Waals surface area contributed by atoms with Crippen LogP contribution in [0.3, 0.4) is 0 Å². The first-order valence-electron chi connectivity index (χ1n) is 10.7. The van der Waals surface area contributed by atoms with Crippen molar-refractivity contribution in [3.63, 3.8) is 0 Å². The number of methoxy groups -OCH3 is 2. The van der Waals surface area contributed by atoms with Crippen molar-refractivity contribution < 1.29 is 23.5 Å². The van der Waals surface area contributed by atoms with Gasteiger partial charge in [0.2, 0.25) is 5.91 Å². The fourth-order valence-corrected chi connectivity index (χ4v) is 4.35. The van der Waals surface area contributed by atoms with E-state index in [2.05, 4.69) is 11.4 Å².